The van der Waals surface area contributed by atoms with Crippen LogP contribution in [0.15, 0.2) is 36.5 Å². The van der Waals surface area contributed by atoms with Crippen molar-refractivity contribution in [3.63, 3.8) is 0 Å². The van der Waals surface area contributed by atoms with Gasteiger partial charge in [0.25, 0.3) is 0 Å². The molecule has 0 heterocycles. The van der Waals surface area contributed by atoms with Crippen LogP contribution in [0.4, 0.5) is 0 Å². The molecule has 0 aliphatic carbocycles. The van der Waals surface area contributed by atoms with Gasteiger partial charge in [-0.2, -0.15) is 0 Å². The Kier molecular flexibility index (Phi) is 38.9. The van der Waals surface area contributed by atoms with Crippen LogP contribution in [-0.4, -0.2) is 49.9 Å². The Morgan fingerprint density at radius 1 is 0.588 bits per heavy atom. The number of phosphoric ester groups is 1. The first-order valence-electron chi connectivity index (χ1n) is 21.0. The highest BCUT2D eigenvalue weighted by atomic mass is 31.2. The third kappa shape index (κ3) is 39.8. The standard InChI is InChI=1S/C42H80NO7P/c1-3-5-7-9-11-13-15-16-17-18-19-20-21-22-23-24-25-27-29-31-33-35-42(44)50-41(40-49-51(45,46)48-38-36-43)39-47-37-34-32-30-28-26-14-12-10-8-6-4-2/h8,10,15-16,18-19,41H,3-7,9,11-14,17,20-40,43H2,1-2H3,(H,45,46)/b10-8-,16-15-,19-18-. The van der Waals surface area contributed by atoms with Crippen LogP contribution in [-0.2, 0) is 27.9 Å². The van der Waals surface area contributed by atoms with Gasteiger partial charge in [-0.15, -0.1) is 0 Å². The molecule has 0 aliphatic rings. The number of esters is 1. The second-order valence-corrected chi connectivity index (χ2v) is 15.3. The zero-order chi connectivity index (χ0) is 37.4. The summed E-state index contributed by atoms with van der Waals surface area (Å²) in [5.74, 6) is -0.338. The predicted molar refractivity (Wildman–Crippen MR) is 215 cm³/mol. The van der Waals surface area contributed by atoms with Crippen molar-refractivity contribution in [2.45, 2.75) is 193 Å². The quantitative estimate of drug-likeness (QED) is 0.0276. The van der Waals surface area contributed by atoms with Crippen molar-refractivity contribution in [3.8, 4) is 0 Å². The fraction of sp³-hybridized carbons (Fsp3) is 0.833. The molecule has 0 aliphatic heterocycles. The molecule has 0 bridgehead atoms. The lowest BCUT2D eigenvalue weighted by Crippen LogP contribution is -2.28. The molecule has 0 saturated heterocycles. The number of carbonyl (C=O) groups excluding carboxylic acids is 1. The van der Waals surface area contributed by atoms with E-state index in [1.807, 2.05) is 0 Å². The molecule has 0 aromatic rings. The molecule has 0 fully saturated rings. The lowest BCUT2D eigenvalue weighted by Gasteiger charge is -2.20. The molecule has 3 N–H and O–H groups in total. The van der Waals surface area contributed by atoms with E-state index in [1.54, 1.807) is 0 Å². The number of nitrogens with two attached hydrogens (primary N) is 1. The molecule has 0 rings (SSSR count). The first-order chi connectivity index (χ1) is 24.9. The molecule has 0 radical (unpaired) electrons. The van der Waals surface area contributed by atoms with Crippen molar-refractivity contribution in [1.82, 2.24) is 0 Å². The molecule has 2 atom stereocenters. The smallest absolute Gasteiger partial charge is 0.457 e. The molecular formula is C42H80NO7P. The molecule has 300 valence electrons. The fourth-order valence-corrected chi connectivity index (χ4v) is 6.44. The summed E-state index contributed by atoms with van der Waals surface area (Å²) in [5, 5.41) is 0. The van der Waals surface area contributed by atoms with E-state index in [9.17, 15) is 14.3 Å². The van der Waals surface area contributed by atoms with Gasteiger partial charge in [0.15, 0.2) is 0 Å². The molecular weight excluding hydrogens is 661 g/mol. The topological polar surface area (TPSA) is 117 Å². The summed E-state index contributed by atoms with van der Waals surface area (Å²) >= 11 is 0. The largest absolute Gasteiger partial charge is 0.472 e. The third-order valence-corrected chi connectivity index (χ3v) is 9.74. The van der Waals surface area contributed by atoms with Crippen LogP contribution in [0.2, 0.25) is 0 Å². The maximum absolute atomic E-state index is 12.6. The van der Waals surface area contributed by atoms with Crippen molar-refractivity contribution in [2.24, 2.45) is 5.73 Å². The van der Waals surface area contributed by atoms with E-state index in [2.05, 4.69) is 50.3 Å². The molecule has 0 aromatic carbocycles. The number of carbonyl (C=O) groups is 1. The Bertz CT molecular complexity index is 879. The molecule has 8 nitrogen and oxygen atoms in total. The average Bonchev–Trinajstić information content (AvgIpc) is 3.12. The minimum atomic E-state index is -4.27. The summed E-state index contributed by atoms with van der Waals surface area (Å²) in [7, 11) is -4.27. The Labute approximate surface area is 314 Å². The van der Waals surface area contributed by atoms with Crippen molar-refractivity contribution in [1.29, 1.82) is 0 Å². The second kappa shape index (κ2) is 39.9. The maximum atomic E-state index is 12.6. The molecule has 0 spiro atoms. The van der Waals surface area contributed by atoms with Gasteiger partial charge >= 0.3 is 13.8 Å². The number of hydrogen-bond acceptors (Lipinski definition) is 7. The minimum absolute atomic E-state index is 0.0977. The van der Waals surface area contributed by atoms with Crippen molar-refractivity contribution < 1.29 is 32.8 Å². The lowest BCUT2D eigenvalue weighted by molar-refractivity contribution is -0.154. The van der Waals surface area contributed by atoms with Crippen molar-refractivity contribution >= 4 is 13.8 Å². The lowest BCUT2D eigenvalue weighted by atomic mass is 10.1. The summed E-state index contributed by atoms with van der Waals surface area (Å²) in [6.45, 7) is 4.84. The van der Waals surface area contributed by atoms with E-state index >= 15 is 0 Å². The van der Waals surface area contributed by atoms with Gasteiger partial charge in [0.2, 0.25) is 0 Å². The first kappa shape index (κ1) is 49.7. The number of unbranched alkanes of at least 4 members (excludes halogenated alkanes) is 21. The van der Waals surface area contributed by atoms with Gasteiger partial charge in [-0.25, -0.2) is 4.57 Å². The fourth-order valence-electron chi connectivity index (χ4n) is 5.68. The molecule has 2 unspecified atom stereocenters. The Morgan fingerprint density at radius 2 is 1.08 bits per heavy atom. The second-order valence-electron chi connectivity index (χ2n) is 13.8. The van der Waals surface area contributed by atoms with Crippen LogP contribution in [0.1, 0.15) is 187 Å². The van der Waals surface area contributed by atoms with Crippen LogP contribution < -0.4 is 5.73 Å². The zero-order valence-corrected chi connectivity index (χ0v) is 34.0. The molecule has 9 heteroatoms. The van der Waals surface area contributed by atoms with Crippen LogP contribution in [0.5, 0.6) is 0 Å². The van der Waals surface area contributed by atoms with Crippen molar-refractivity contribution in [2.75, 3.05) is 33.0 Å². The van der Waals surface area contributed by atoms with E-state index in [1.165, 1.54) is 128 Å². The molecule has 51 heavy (non-hydrogen) atoms. The Hall–Kier alpha value is -1.28. The van der Waals surface area contributed by atoms with E-state index in [0.717, 1.165) is 38.5 Å². The first-order valence-corrected chi connectivity index (χ1v) is 22.5. The summed E-state index contributed by atoms with van der Waals surface area (Å²) in [4.78, 5) is 22.4. The molecule has 0 amide bonds. The highest BCUT2D eigenvalue weighted by molar-refractivity contribution is 7.47. The van der Waals surface area contributed by atoms with Crippen LogP contribution in [0, 0.1) is 0 Å². The van der Waals surface area contributed by atoms with Gasteiger partial charge in [0.1, 0.15) is 6.10 Å². The zero-order valence-electron chi connectivity index (χ0n) is 33.1. The third-order valence-electron chi connectivity index (χ3n) is 8.76. The minimum Gasteiger partial charge on any atom is -0.457 e. The summed E-state index contributed by atoms with van der Waals surface area (Å²) < 4.78 is 33.3. The van der Waals surface area contributed by atoms with E-state index in [-0.39, 0.29) is 32.3 Å². The number of hydrogen-bond donors (Lipinski definition) is 2. The van der Waals surface area contributed by atoms with Gasteiger partial charge in [-0.1, -0.05) is 153 Å². The van der Waals surface area contributed by atoms with E-state index in [4.69, 9.17) is 24.3 Å². The highest BCUT2D eigenvalue weighted by Crippen LogP contribution is 2.43. The van der Waals surface area contributed by atoms with Gasteiger partial charge in [0, 0.05) is 19.6 Å². The van der Waals surface area contributed by atoms with E-state index in [0.29, 0.717) is 13.0 Å². The number of phosphoric acid groups is 1. The Morgan fingerprint density at radius 3 is 1.63 bits per heavy atom. The van der Waals surface area contributed by atoms with Gasteiger partial charge in [-0.3, -0.25) is 13.8 Å². The molecule has 0 saturated carbocycles. The Balaban J connectivity index is 4.00. The maximum Gasteiger partial charge on any atom is 0.472 e. The predicted octanol–water partition coefficient (Wildman–Crippen LogP) is 12.2. The molecule has 0 aromatic heterocycles. The highest BCUT2D eigenvalue weighted by Gasteiger charge is 2.25. The number of ether oxygens (including phenoxy) is 2. The van der Waals surface area contributed by atoms with Gasteiger partial charge < -0.3 is 20.1 Å². The van der Waals surface area contributed by atoms with Crippen LogP contribution in [0.25, 0.3) is 0 Å². The summed E-state index contributed by atoms with van der Waals surface area (Å²) in [6, 6.07) is 0. The summed E-state index contributed by atoms with van der Waals surface area (Å²) in [5.41, 5.74) is 5.36. The monoisotopic (exact) mass is 742 g/mol. The van der Waals surface area contributed by atoms with Crippen LogP contribution in [0.3, 0.4) is 0 Å². The number of allylic oxidation sites excluding steroid dienone is 6. The van der Waals surface area contributed by atoms with Gasteiger partial charge in [0.05, 0.1) is 19.8 Å². The summed E-state index contributed by atoms with van der Waals surface area (Å²) in [6.07, 6.45) is 44.5. The van der Waals surface area contributed by atoms with E-state index < -0.39 is 13.9 Å². The van der Waals surface area contributed by atoms with Crippen LogP contribution >= 0.6 is 7.82 Å². The SMILES string of the molecule is CCC/C=C\CCCCCCCCOCC(COP(=O)(O)OCCN)OC(=O)CCCCCCCCCCC/C=C\C/C=C\CCCCCCC. The van der Waals surface area contributed by atoms with Gasteiger partial charge in [-0.05, 0) is 64.2 Å². The normalized spacial score (nSPS) is 13.9. The average molecular weight is 742 g/mol. The number of rotatable bonds is 40. The van der Waals surface area contributed by atoms with Crippen molar-refractivity contribution in [3.05, 3.63) is 36.5 Å².